The van der Waals surface area contributed by atoms with Crippen LogP contribution in [0.2, 0.25) is 0 Å². The average molecular weight is 281 g/mol. The lowest BCUT2D eigenvalue weighted by Crippen LogP contribution is -2.67. The number of fused-ring (bicyclic) bond motifs is 2. The standard InChI is InChI=1S/C10H11F3N4.ClH/c11-10(12,13)6-2-14-9(15-3-6)17-4-7-1-8(5-17)16-7;/h2-3,7-8,16H,1,4-5H2;1H. The fourth-order valence-electron chi connectivity index (χ4n) is 2.31. The van der Waals surface area contributed by atoms with Crippen LogP contribution in [0, 0.1) is 0 Å². The topological polar surface area (TPSA) is 41.1 Å². The van der Waals surface area contributed by atoms with Crippen LogP contribution in [0.25, 0.3) is 0 Å². The molecule has 2 atom stereocenters. The summed E-state index contributed by atoms with van der Waals surface area (Å²) in [7, 11) is 0. The van der Waals surface area contributed by atoms with Gasteiger partial charge in [0.2, 0.25) is 5.95 Å². The fraction of sp³-hybridized carbons (Fsp3) is 0.600. The summed E-state index contributed by atoms with van der Waals surface area (Å²) in [5.41, 5.74) is -0.804. The van der Waals surface area contributed by atoms with Gasteiger partial charge in [-0.2, -0.15) is 13.2 Å². The summed E-state index contributed by atoms with van der Waals surface area (Å²) in [5, 5.41) is 3.34. The van der Waals surface area contributed by atoms with Crippen molar-refractivity contribution in [1.82, 2.24) is 15.3 Å². The van der Waals surface area contributed by atoms with E-state index in [0.717, 1.165) is 31.9 Å². The largest absolute Gasteiger partial charge is 0.419 e. The number of aromatic nitrogens is 2. The number of nitrogens with one attached hydrogen (secondary N) is 1. The smallest absolute Gasteiger partial charge is 0.338 e. The van der Waals surface area contributed by atoms with Gasteiger partial charge in [-0.1, -0.05) is 0 Å². The molecule has 0 aliphatic carbocycles. The third-order valence-corrected chi connectivity index (χ3v) is 3.17. The van der Waals surface area contributed by atoms with E-state index in [-0.39, 0.29) is 12.4 Å². The van der Waals surface area contributed by atoms with Crippen molar-refractivity contribution in [2.75, 3.05) is 18.0 Å². The summed E-state index contributed by atoms with van der Waals surface area (Å²) >= 11 is 0. The number of piperazine rings is 1. The van der Waals surface area contributed by atoms with E-state index in [4.69, 9.17) is 0 Å². The molecule has 2 bridgehead atoms. The molecule has 4 rings (SSSR count). The molecule has 3 aliphatic heterocycles. The zero-order valence-electron chi connectivity index (χ0n) is 9.31. The maximum absolute atomic E-state index is 12.3. The van der Waals surface area contributed by atoms with Crippen LogP contribution in [0.5, 0.6) is 0 Å². The molecule has 100 valence electrons. The van der Waals surface area contributed by atoms with Gasteiger partial charge in [0.25, 0.3) is 0 Å². The lowest BCUT2D eigenvalue weighted by atomic mass is 9.92. The molecule has 3 aliphatic rings. The van der Waals surface area contributed by atoms with Gasteiger partial charge in [0.05, 0.1) is 5.56 Å². The lowest BCUT2D eigenvalue weighted by molar-refractivity contribution is -0.138. The number of hydrogen-bond acceptors (Lipinski definition) is 4. The normalized spacial score (nSPS) is 26.3. The Hall–Kier alpha value is -1.08. The number of alkyl halides is 3. The first-order valence-electron chi connectivity index (χ1n) is 5.42. The highest BCUT2D eigenvalue weighted by Crippen LogP contribution is 2.29. The van der Waals surface area contributed by atoms with Crippen molar-refractivity contribution in [3.63, 3.8) is 0 Å². The number of rotatable bonds is 1. The van der Waals surface area contributed by atoms with E-state index < -0.39 is 11.7 Å². The number of anilines is 1. The van der Waals surface area contributed by atoms with Crippen LogP contribution in [-0.2, 0) is 6.18 Å². The molecule has 18 heavy (non-hydrogen) atoms. The molecule has 3 saturated heterocycles. The summed E-state index contributed by atoms with van der Waals surface area (Å²) < 4.78 is 37.0. The molecule has 8 heteroatoms. The van der Waals surface area contributed by atoms with E-state index in [1.807, 2.05) is 4.90 Å². The van der Waals surface area contributed by atoms with E-state index in [1.165, 1.54) is 0 Å². The van der Waals surface area contributed by atoms with Gasteiger partial charge in [-0.3, -0.25) is 0 Å². The Morgan fingerprint density at radius 3 is 2.11 bits per heavy atom. The Bertz CT molecular complexity index is 406. The lowest BCUT2D eigenvalue weighted by Gasteiger charge is -2.48. The van der Waals surface area contributed by atoms with Crippen LogP contribution in [-0.4, -0.2) is 35.1 Å². The second-order valence-corrected chi connectivity index (χ2v) is 4.47. The monoisotopic (exact) mass is 280 g/mol. The second kappa shape index (κ2) is 4.55. The Morgan fingerprint density at radius 1 is 1.17 bits per heavy atom. The molecule has 4 heterocycles. The molecule has 1 N–H and O–H groups in total. The number of hydrogen-bond donors (Lipinski definition) is 1. The molecule has 0 spiro atoms. The molecule has 1 aromatic rings. The maximum Gasteiger partial charge on any atom is 0.419 e. The van der Waals surface area contributed by atoms with Crippen LogP contribution >= 0.6 is 12.4 Å². The minimum absolute atomic E-state index is 0. The molecule has 4 nitrogen and oxygen atoms in total. The van der Waals surface area contributed by atoms with Crippen molar-refractivity contribution < 1.29 is 13.2 Å². The van der Waals surface area contributed by atoms with Crippen LogP contribution in [0.1, 0.15) is 12.0 Å². The second-order valence-electron chi connectivity index (χ2n) is 4.47. The van der Waals surface area contributed by atoms with E-state index in [1.54, 1.807) is 0 Å². The van der Waals surface area contributed by atoms with Gasteiger partial charge in [0, 0.05) is 37.6 Å². The van der Waals surface area contributed by atoms with Gasteiger partial charge in [-0.05, 0) is 6.42 Å². The molecule has 2 unspecified atom stereocenters. The summed E-state index contributed by atoms with van der Waals surface area (Å²) in [5.74, 6) is 0.384. The summed E-state index contributed by atoms with van der Waals surface area (Å²) in [4.78, 5) is 9.51. The van der Waals surface area contributed by atoms with Crippen molar-refractivity contribution in [2.24, 2.45) is 0 Å². The minimum Gasteiger partial charge on any atom is -0.338 e. The Morgan fingerprint density at radius 2 is 1.67 bits per heavy atom. The van der Waals surface area contributed by atoms with Gasteiger partial charge in [-0.15, -0.1) is 12.4 Å². The van der Waals surface area contributed by atoms with Gasteiger partial charge >= 0.3 is 6.18 Å². The summed E-state index contributed by atoms with van der Waals surface area (Å²) in [6.07, 6.45) is -1.55. The number of piperidine rings is 1. The Balaban J connectivity index is 0.00000120. The third kappa shape index (κ3) is 2.37. The summed E-state index contributed by atoms with van der Waals surface area (Å²) in [6, 6.07) is 0.860. The van der Waals surface area contributed by atoms with Crippen molar-refractivity contribution in [3.8, 4) is 0 Å². The quantitative estimate of drug-likeness (QED) is 0.846. The fourth-order valence-corrected chi connectivity index (χ4v) is 2.31. The molecule has 0 radical (unpaired) electrons. The van der Waals surface area contributed by atoms with E-state index in [0.29, 0.717) is 18.0 Å². The SMILES string of the molecule is Cl.FC(F)(F)c1cnc(N2CC3CC(C2)N3)nc1. The van der Waals surface area contributed by atoms with E-state index in [9.17, 15) is 13.2 Å². The van der Waals surface area contributed by atoms with E-state index in [2.05, 4.69) is 15.3 Å². The number of nitrogens with zero attached hydrogens (tertiary/aromatic N) is 3. The highest BCUT2D eigenvalue weighted by atomic mass is 35.5. The van der Waals surface area contributed by atoms with Crippen molar-refractivity contribution in [2.45, 2.75) is 24.7 Å². The Labute approximate surface area is 108 Å². The third-order valence-electron chi connectivity index (χ3n) is 3.17. The summed E-state index contributed by atoms with van der Waals surface area (Å²) in [6.45, 7) is 1.53. The predicted molar refractivity (Wildman–Crippen MR) is 61.8 cm³/mol. The van der Waals surface area contributed by atoms with Gasteiger partial charge in [-0.25, -0.2) is 9.97 Å². The highest BCUT2D eigenvalue weighted by molar-refractivity contribution is 5.85. The van der Waals surface area contributed by atoms with Gasteiger partial charge in [0.15, 0.2) is 0 Å². The average Bonchev–Trinajstić information content (AvgIpc) is 2.27. The molecule has 0 aromatic carbocycles. The van der Waals surface area contributed by atoms with Crippen LogP contribution in [0.15, 0.2) is 12.4 Å². The van der Waals surface area contributed by atoms with Crippen molar-refractivity contribution in [3.05, 3.63) is 18.0 Å². The Kier molecular flexibility index (Phi) is 3.37. The van der Waals surface area contributed by atoms with Gasteiger partial charge < -0.3 is 10.2 Å². The maximum atomic E-state index is 12.3. The molecule has 3 fully saturated rings. The first-order valence-corrected chi connectivity index (χ1v) is 5.42. The molecule has 1 aromatic heterocycles. The zero-order valence-corrected chi connectivity index (χ0v) is 10.1. The van der Waals surface area contributed by atoms with Gasteiger partial charge in [0.1, 0.15) is 0 Å². The predicted octanol–water partition coefficient (Wildman–Crippen LogP) is 1.47. The van der Waals surface area contributed by atoms with Crippen molar-refractivity contribution >= 4 is 18.4 Å². The van der Waals surface area contributed by atoms with Crippen molar-refractivity contribution in [1.29, 1.82) is 0 Å². The molecular weight excluding hydrogens is 269 g/mol. The first-order chi connectivity index (χ1) is 8.02. The molecule has 0 amide bonds. The van der Waals surface area contributed by atoms with Crippen LogP contribution in [0.4, 0.5) is 19.1 Å². The highest BCUT2D eigenvalue weighted by Gasteiger charge is 2.37. The van der Waals surface area contributed by atoms with Crippen LogP contribution in [0.3, 0.4) is 0 Å². The number of halogens is 4. The van der Waals surface area contributed by atoms with E-state index >= 15 is 0 Å². The minimum atomic E-state index is -4.37. The van der Waals surface area contributed by atoms with Crippen LogP contribution < -0.4 is 10.2 Å². The molecule has 0 saturated carbocycles. The first kappa shape index (κ1) is 13.4. The zero-order chi connectivity index (χ0) is 12.0. The molecular formula is C10H12ClF3N4.